The molecule has 0 aromatic rings. The minimum absolute atomic E-state index is 0.0185. The molecule has 0 N–H and O–H groups in total. The highest BCUT2D eigenvalue weighted by molar-refractivity contribution is 5.88. The number of hydrogen-bond donors (Lipinski definition) is 0. The number of nitriles is 1. The van der Waals surface area contributed by atoms with Crippen molar-refractivity contribution < 1.29 is 0 Å². The van der Waals surface area contributed by atoms with E-state index in [2.05, 4.69) is 25.0 Å². The van der Waals surface area contributed by atoms with Crippen LogP contribution in [-0.4, -0.2) is 23.8 Å². The summed E-state index contributed by atoms with van der Waals surface area (Å²) in [5.41, 5.74) is 0.943. The molecule has 0 amide bonds. The van der Waals surface area contributed by atoms with Crippen molar-refractivity contribution in [3.05, 3.63) is 0 Å². The van der Waals surface area contributed by atoms with Gasteiger partial charge in [0.15, 0.2) is 0 Å². The number of hydrazone groups is 1. The Kier molecular flexibility index (Phi) is 2.37. The molecule has 1 aliphatic rings. The summed E-state index contributed by atoms with van der Waals surface area (Å²) in [7, 11) is 1.94. The van der Waals surface area contributed by atoms with E-state index in [4.69, 9.17) is 5.26 Å². The molecule has 1 heterocycles. The summed E-state index contributed by atoms with van der Waals surface area (Å²) in [6.45, 7) is 6.17. The van der Waals surface area contributed by atoms with E-state index in [9.17, 15) is 0 Å². The molecule has 12 heavy (non-hydrogen) atoms. The molecule has 1 rings (SSSR count). The van der Waals surface area contributed by atoms with Gasteiger partial charge in [0.2, 0.25) is 0 Å². The maximum absolute atomic E-state index is 8.92. The Labute approximate surface area is 73.7 Å². The third-order valence-electron chi connectivity index (χ3n) is 2.36. The summed E-state index contributed by atoms with van der Waals surface area (Å²) in [6, 6.07) is 2.56. The van der Waals surface area contributed by atoms with Gasteiger partial charge in [0, 0.05) is 7.05 Å². The summed E-state index contributed by atoms with van der Waals surface area (Å²) >= 11 is 0. The first-order valence-electron chi connectivity index (χ1n) is 4.25. The van der Waals surface area contributed by atoms with E-state index in [0.29, 0.717) is 5.92 Å². The minimum Gasteiger partial charge on any atom is -0.295 e. The Morgan fingerprint density at radius 3 is 2.50 bits per heavy atom. The standard InChI is InChI=1S/C9H15N3/c1-6(2)9-8(5-10)7(3)11-12(9)4/h6,8-9H,1-4H3. The van der Waals surface area contributed by atoms with Gasteiger partial charge >= 0.3 is 0 Å². The topological polar surface area (TPSA) is 39.4 Å². The van der Waals surface area contributed by atoms with Gasteiger partial charge in [0.25, 0.3) is 0 Å². The molecule has 0 bridgehead atoms. The van der Waals surface area contributed by atoms with Crippen LogP contribution in [0.3, 0.4) is 0 Å². The molecule has 1 aliphatic heterocycles. The Morgan fingerprint density at radius 1 is 1.58 bits per heavy atom. The lowest BCUT2D eigenvalue weighted by Crippen LogP contribution is -2.34. The molecule has 2 atom stereocenters. The smallest absolute Gasteiger partial charge is 0.108 e. The van der Waals surface area contributed by atoms with E-state index in [1.54, 1.807) is 0 Å². The third-order valence-corrected chi connectivity index (χ3v) is 2.36. The molecule has 0 saturated carbocycles. The molecule has 0 radical (unpaired) electrons. The van der Waals surface area contributed by atoms with Gasteiger partial charge in [-0.05, 0) is 12.8 Å². The van der Waals surface area contributed by atoms with Crippen LogP contribution in [0, 0.1) is 23.2 Å². The minimum atomic E-state index is -0.0185. The van der Waals surface area contributed by atoms with Gasteiger partial charge in [0.1, 0.15) is 5.92 Å². The Balaban J connectivity index is 2.85. The normalized spacial score (nSPS) is 29.0. The van der Waals surface area contributed by atoms with Crippen LogP contribution in [0.15, 0.2) is 5.10 Å². The quantitative estimate of drug-likeness (QED) is 0.590. The van der Waals surface area contributed by atoms with Gasteiger partial charge in [-0.3, -0.25) is 5.01 Å². The number of rotatable bonds is 1. The van der Waals surface area contributed by atoms with Gasteiger partial charge < -0.3 is 0 Å². The zero-order valence-corrected chi connectivity index (χ0v) is 8.07. The Morgan fingerprint density at radius 2 is 2.17 bits per heavy atom. The molecule has 0 aromatic heterocycles. The molecule has 0 aromatic carbocycles. The Hall–Kier alpha value is -1.04. The van der Waals surface area contributed by atoms with Crippen LogP contribution in [-0.2, 0) is 0 Å². The number of hydrogen-bond acceptors (Lipinski definition) is 3. The molecule has 0 spiro atoms. The van der Waals surface area contributed by atoms with Gasteiger partial charge in [-0.1, -0.05) is 13.8 Å². The molecule has 3 heteroatoms. The van der Waals surface area contributed by atoms with Crippen LogP contribution in [0.4, 0.5) is 0 Å². The van der Waals surface area contributed by atoms with E-state index in [1.807, 2.05) is 19.0 Å². The second-order valence-electron chi connectivity index (χ2n) is 3.66. The van der Waals surface area contributed by atoms with Crippen LogP contribution < -0.4 is 0 Å². The van der Waals surface area contributed by atoms with E-state index < -0.39 is 0 Å². The van der Waals surface area contributed by atoms with Gasteiger partial charge in [-0.25, -0.2) is 0 Å². The zero-order valence-electron chi connectivity index (χ0n) is 8.07. The molecule has 3 nitrogen and oxygen atoms in total. The summed E-state index contributed by atoms with van der Waals surface area (Å²) in [5, 5.41) is 15.1. The highest BCUT2D eigenvalue weighted by Gasteiger charge is 2.35. The van der Waals surface area contributed by atoms with Crippen LogP contribution in [0.1, 0.15) is 20.8 Å². The summed E-state index contributed by atoms with van der Waals surface area (Å²) in [4.78, 5) is 0. The van der Waals surface area contributed by atoms with Gasteiger partial charge in [-0.15, -0.1) is 0 Å². The fourth-order valence-electron chi connectivity index (χ4n) is 1.83. The fourth-order valence-corrected chi connectivity index (χ4v) is 1.83. The van der Waals surface area contributed by atoms with Crippen LogP contribution in [0.25, 0.3) is 0 Å². The van der Waals surface area contributed by atoms with E-state index in [0.717, 1.165) is 5.71 Å². The van der Waals surface area contributed by atoms with Crippen molar-refractivity contribution in [2.24, 2.45) is 16.9 Å². The highest BCUT2D eigenvalue weighted by Crippen LogP contribution is 2.25. The third kappa shape index (κ3) is 1.29. The molecule has 0 saturated heterocycles. The van der Waals surface area contributed by atoms with Crippen LogP contribution in [0.2, 0.25) is 0 Å². The van der Waals surface area contributed by atoms with Crippen molar-refractivity contribution in [1.82, 2.24) is 5.01 Å². The van der Waals surface area contributed by atoms with Crippen molar-refractivity contribution in [2.75, 3.05) is 7.05 Å². The molecular formula is C9H15N3. The van der Waals surface area contributed by atoms with Crippen molar-refractivity contribution in [2.45, 2.75) is 26.8 Å². The average molecular weight is 165 g/mol. The van der Waals surface area contributed by atoms with E-state index in [1.165, 1.54) is 0 Å². The molecule has 0 aliphatic carbocycles. The summed E-state index contributed by atoms with van der Waals surface area (Å²) in [6.07, 6.45) is 0. The van der Waals surface area contributed by atoms with Gasteiger partial charge in [-0.2, -0.15) is 10.4 Å². The molecule has 2 unspecified atom stereocenters. The van der Waals surface area contributed by atoms with Crippen LogP contribution >= 0.6 is 0 Å². The first-order chi connectivity index (χ1) is 5.57. The number of nitrogens with zero attached hydrogens (tertiary/aromatic N) is 3. The van der Waals surface area contributed by atoms with Gasteiger partial charge in [0.05, 0.1) is 17.8 Å². The predicted octanol–water partition coefficient (Wildman–Crippen LogP) is 1.47. The van der Waals surface area contributed by atoms with E-state index in [-0.39, 0.29) is 12.0 Å². The van der Waals surface area contributed by atoms with Crippen molar-refractivity contribution in [3.63, 3.8) is 0 Å². The zero-order chi connectivity index (χ0) is 9.30. The second-order valence-corrected chi connectivity index (χ2v) is 3.66. The lowest BCUT2D eigenvalue weighted by molar-refractivity contribution is 0.208. The van der Waals surface area contributed by atoms with Crippen molar-refractivity contribution in [1.29, 1.82) is 5.26 Å². The monoisotopic (exact) mass is 165 g/mol. The first-order valence-corrected chi connectivity index (χ1v) is 4.25. The lowest BCUT2D eigenvalue weighted by Gasteiger charge is -2.24. The first kappa shape index (κ1) is 9.05. The summed E-state index contributed by atoms with van der Waals surface area (Å²) in [5.74, 6) is 0.454. The molecular weight excluding hydrogens is 150 g/mol. The SMILES string of the molecule is CC1=NN(C)C(C(C)C)C1C#N. The predicted molar refractivity (Wildman–Crippen MR) is 48.6 cm³/mol. The van der Waals surface area contributed by atoms with E-state index >= 15 is 0 Å². The summed E-state index contributed by atoms with van der Waals surface area (Å²) < 4.78 is 0. The van der Waals surface area contributed by atoms with Crippen molar-refractivity contribution >= 4 is 5.71 Å². The second kappa shape index (κ2) is 3.14. The molecule has 66 valence electrons. The van der Waals surface area contributed by atoms with Crippen LogP contribution in [0.5, 0.6) is 0 Å². The average Bonchev–Trinajstić information content (AvgIpc) is 2.24. The highest BCUT2D eigenvalue weighted by atomic mass is 15.5. The Bertz CT molecular complexity index is 237. The largest absolute Gasteiger partial charge is 0.295 e. The fraction of sp³-hybridized carbons (Fsp3) is 0.778. The lowest BCUT2D eigenvalue weighted by atomic mass is 9.90. The van der Waals surface area contributed by atoms with Crippen molar-refractivity contribution in [3.8, 4) is 6.07 Å². The maximum Gasteiger partial charge on any atom is 0.108 e. The maximum atomic E-state index is 8.92. The molecule has 0 fully saturated rings.